The predicted molar refractivity (Wildman–Crippen MR) is 159 cm³/mol. The highest BCUT2D eigenvalue weighted by Crippen LogP contribution is 2.45. The molecule has 43 heavy (non-hydrogen) atoms. The summed E-state index contributed by atoms with van der Waals surface area (Å²) in [5, 5.41) is 21.6. The van der Waals surface area contributed by atoms with E-state index in [0.717, 1.165) is 48.4 Å². The van der Waals surface area contributed by atoms with Gasteiger partial charge in [-0.05, 0) is 49.8 Å². The van der Waals surface area contributed by atoms with Gasteiger partial charge in [-0.2, -0.15) is 15.5 Å². The first kappa shape index (κ1) is 27.0. The molecule has 1 saturated carbocycles. The third kappa shape index (κ3) is 4.77. The molecule has 0 bridgehead atoms. The number of aryl methyl sites for hydroxylation is 1. The van der Waals surface area contributed by atoms with Crippen molar-refractivity contribution in [1.82, 2.24) is 34.7 Å². The van der Waals surface area contributed by atoms with E-state index in [1.54, 1.807) is 34.0 Å². The Balaban J connectivity index is 1.09. The Kier molecular flexibility index (Phi) is 6.39. The molecule has 216 valence electrons. The van der Waals surface area contributed by atoms with Crippen LogP contribution in [0.4, 0.5) is 10.2 Å². The van der Waals surface area contributed by atoms with Crippen molar-refractivity contribution in [1.29, 1.82) is 5.26 Å². The van der Waals surface area contributed by atoms with Gasteiger partial charge in [0.1, 0.15) is 17.7 Å². The van der Waals surface area contributed by atoms with Crippen molar-refractivity contribution in [3.05, 3.63) is 83.4 Å². The monoisotopic (exact) mass is 595 g/mol. The van der Waals surface area contributed by atoms with Crippen molar-refractivity contribution in [2.75, 3.05) is 18.0 Å². The number of hydrogen-bond donors (Lipinski definition) is 1. The summed E-state index contributed by atoms with van der Waals surface area (Å²) in [6, 6.07) is 8.47. The van der Waals surface area contributed by atoms with Gasteiger partial charge in [-0.15, -0.1) is 0 Å². The van der Waals surface area contributed by atoms with Gasteiger partial charge in [0.15, 0.2) is 0 Å². The summed E-state index contributed by atoms with van der Waals surface area (Å²) in [7, 11) is 1.86. The molecule has 5 aromatic rings. The van der Waals surface area contributed by atoms with Gasteiger partial charge in [0, 0.05) is 54.8 Å². The quantitative estimate of drug-likeness (QED) is 0.307. The van der Waals surface area contributed by atoms with Crippen LogP contribution in [0.2, 0.25) is 5.02 Å². The van der Waals surface area contributed by atoms with E-state index in [1.807, 2.05) is 32.4 Å². The van der Waals surface area contributed by atoms with Crippen LogP contribution < -0.4 is 10.2 Å². The summed E-state index contributed by atoms with van der Waals surface area (Å²) in [6.07, 6.45) is 12.2. The molecule has 0 radical (unpaired) electrons. The molecule has 1 aromatic carbocycles. The predicted octanol–water partition coefficient (Wildman–Crippen LogP) is 4.89. The molecule has 3 atom stereocenters. The molecule has 7 rings (SSSR count). The molecule has 1 N–H and O–H groups in total. The molecule has 0 spiro atoms. The minimum absolute atomic E-state index is 0.106. The first-order chi connectivity index (χ1) is 20.7. The number of amides is 1. The Morgan fingerprint density at radius 2 is 1.88 bits per heavy atom. The smallest absolute Gasteiger partial charge is 0.256 e. The van der Waals surface area contributed by atoms with Crippen LogP contribution >= 0.6 is 11.6 Å². The van der Waals surface area contributed by atoms with E-state index in [2.05, 4.69) is 26.5 Å². The van der Waals surface area contributed by atoms with Gasteiger partial charge in [0.2, 0.25) is 0 Å². The van der Waals surface area contributed by atoms with Crippen molar-refractivity contribution >= 4 is 28.8 Å². The number of hydrogen-bond acceptors (Lipinski definition) is 7. The second-order valence-corrected chi connectivity index (χ2v) is 12.1. The topological polar surface area (TPSA) is 117 Å². The highest BCUT2D eigenvalue weighted by atomic mass is 35.5. The Hall–Kier alpha value is -4.82. The second-order valence-electron chi connectivity index (χ2n) is 11.7. The van der Waals surface area contributed by atoms with Crippen LogP contribution in [0.25, 0.3) is 27.9 Å². The van der Waals surface area contributed by atoms with Crippen LogP contribution in [0.15, 0.2) is 61.4 Å². The molecule has 12 heteroatoms. The van der Waals surface area contributed by atoms with Crippen molar-refractivity contribution in [3.63, 3.8) is 0 Å². The average Bonchev–Trinajstić information content (AvgIpc) is 3.75. The van der Waals surface area contributed by atoms with Gasteiger partial charge in [-0.1, -0.05) is 17.7 Å². The van der Waals surface area contributed by atoms with E-state index in [0.29, 0.717) is 28.6 Å². The number of halogens is 2. The highest BCUT2D eigenvalue weighted by Gasteiger charge is 2.48. The molecular weight excluding hydrogens is 569 g/mol. The third-order valence-corrected chi connectivity index (χ3v) is 8.93. The summed E-state index contributed by atoms with van der Waals surface area (Å²) >= 11 is 6.12. The number of rotatable bonds is 5. The fourth-order valence-electron chi connectivity index (χ4n) is 6.73. The third-order valence-electron chi connectivity index (χ3n) is 8.62. The maximum Gasteiger partial charge on any atom is 0.256 e. The number of carbonyl (C=O) groups excluding carboxylic acids is 1. The van der Waals surface area contributed by atoms with Crippen LogP contribution in [-0.4, -0.2) is 53.9 Å². The first-order valence-corrected chi connectivity index (χ1v) is 14.3. The van der Waals surface area contributed by atoms with E-state index < -0.39 is 17.3 Å². The maximum absolute atomic E-state index is 14.3. The van der Waals surface area contributed by atoms with Crippen LogP contribution in [0.1, 0.15) is 35.7 Å². The Bertz CT molecular complexity index is 1890. The highest BCUT2D eigenvalue weighted by molar-refractivity contribution is 6.33. The van der Waals surface area contributed by atoms with E-state index >= 15 is 0 Å². The lowest BCUT2D eigenvalue weighted by Crippen LogP contribution is -2.45. The molecule has 1 amide bonds. The number of fused-ring (bicyclic) bond motifs is 2. The lowest BCUT2D eigenvalue weighted by atomic mass is 9.97. The van der Waals surface area contributed by atoms with Gasteiger partial charge in [-0.25, -0.2) is 13.9 Å². The number of nitriles is 1. The van der Waals surface area contributed by atoms with Crippen molar-refractivity contribution < 1.29 is 9.18 Å². The molecule has 2 fully saturated rings. The average molecular weight is 596 g/mol. The summed E-state index contributed by atoms with van der Waals surface area (Å²) in [5.74, 6) is 0.368. The minimum atomic E-state index is -0.624. The number of anilines is 1. The Morgan fingerprint density at radius 3 is 2.53 bits per heavy atom. The summed E-state index contributed by atoms with van der Waals surface area (Å²) in [4.78, 5) is 24.7. The largest absolute Gasteiger partial charge is 0.355 e. The van der Waals surface area contributed by atoms with Gasteiger partial charge in [-0.3, -0.25) is 14.5 Å². The number of benzene rings is 1. The van der Waals surface area contributed by atoms with Crippen LogP contribution in [0.3, 0.4) is 0 Å². The SMILES string of the molecule is Cn1cc(-c2cc(-c3cnc(N4C[C@@H]5C[C@@](C)(NC(=O)c6c(F)cccc6Cl)C[C@@H]5C4)cn3)c3c(C#N)cnn3c2)cn1. The molecule has 5 heterocycles. The number of nitrogens with zero attached hydrogens (tertiary/aromatic N) is 8. The number of carbonyl (C=O) groups is 1. The normalized spacial score (nSPS) is 21.2. The molecule has 1 aliphatic carbocycles. The van der Waals surface area contributed by atoms with E-state index in [4.69, 9.17) is 21.6 Å². The summed E-state index contributed by atoms with van der Waals surface area (Å²) in [5.41, 5.74) is 3.78. The zero-order chi connectivity index (χ0) is 29.9. The van der Waals surface area contributed by atoms with Crippen LogP contribution in [-0.2, 0) is 7.05 Å². The zero-order valence-electron chi connectivity index (χ0n) is 23.5. The van der Waals surface area contributed by atoms with Gasteiger partial charge in [0.25, 0.3) is 5.91 Å². The van der Waals surface area contributed by atoms with Crippen molar-refractivity contribution in [3.8, 4) is 28.5 Å². The van der Waals surface area contributed by atoms with Gasteiger partial charge >= 0.3 is 0 Å². The molecule has 4 aromatic heterocycles. The number of nitrogens with one attached hydrogen (secondary N) is 1. The molecule has 1 saturated heterocycles. The Labute approximate surface area is 251 Å². The molecule has 10 nitrogen and oxygen atoms in total. The molecule has 2 aliphatic rings. The van der Waals surface area contributed by atoms with E-state index in [1.165, 1.54) is 18.2 Å². The van der Waals surface area contributed by atoms with Crippen LogP contribution in [0.5, 0.6) is 0 Å². The van der Waals surface area contributed by atoms with Gasteiger partial charge in [0.05, 0.1) is 52.1 Å². The standard InChI is InChI=1S/C31H27ClFN9O/c1-31(39-30(43)28-24(32)4-3-5-25(28)33)7-19-15-41(16-20(19)8-31)27-13-35-26(12-36-27)23-6-18(22-11-37-40(2)14-22)17-42-29(23)21(9-34)10-38-42/h3-6,10-14,17,19-20H,7-8,15-16H2,1-2H3,(H,39,43)/t19-,20+,31+. The van der Waals surface area contributed by atoms with Crippen molar-refractivity contribution in [2.24, 2.45) is 18.9 Å². The fraction of sp³-hybridized carbons (Fsp3) is 0.290. The molecular formula is C31H27ClFN9O. The number of aromatic nitrogens is 6. The zero-order valence-corrected chi connectivity index (χ0v) is 24.3. The number of pyridine rings is 1. The van der Waals surface area contributed by atoms with Crippen LogP contribution in [0, 0.1) is 29.0 Å². The summed E-state index contributed by atoms with van der Waals surface area (Å²) in [6.45, 7) is 3.59. The lowest BCUT2D eigenvalue weighted by molar-refractivity contribution is 0.0901. The fourth-order valence-corrected chi connectivity index (χ4v) is 6.98. The first-order valence-electron chi connectivity index (χ1n) is 14.0. The second kappa shape index (κ2) is 10.2. The molecule has 0 unspecified atom stereocenters. The van der Waals surface area contributed by atoms with E-state index in [9.17, 15) is 14.4 Å². The van der Waals surface area contributed by atoms with E-state index in [-0.39, 0.29) is 10.6 Å². The maximum atomic E-state index is 14.3. The lowest BCUT2D eigenvalue weighted by Gasteiger charge is -2.29. The van der Waals surface area contributed by atoms with Gasteiger partial charge < -0.3 is 10.2 Å². The molecule has 1 aliphatic heterocycles. The Morgan fingerprint density at radius 1 is 1.09 bits per heavy atom. The van der Waals surface area contributed by atoms with Crippen molar-refractivity contribution in [2.45, 2.75) is 25.3 Å². The summed E-state index contributed by atoms with van der Waals surface area (Å²) < 4.78 is 17.7. The minimum Gasteiger partial charge on any atom is -0.355 e.